The van der Waals surface area contributed by atoms with Crippen molar-refractivity contribution in [1.82, 2.24) is 5.32 Å². The molecule has 0 aliphatic rings. The molecule has 0 fully saturated rings. The largest absolute Gasteiger partial charge is 0.483 e. The lowest BCUT2D eigenvalue weighted by molar-refractivity contribution is -0.124. The van der Waals surface area contributed by atoms with Crippen LogP contribution in [0.4, 0.5) is 4.39 Å². The lowest BCUT2D eigenvalue weighted by atomic mass is 10.1. The Balaban J connectivity index is 2.75. The highest BCUT2D eigenvalue weighted by molar-refractivity contribution is 6.00. The molecule has 0 spiro atoms. The van der Waals surface area contributed by atoms with Crippen LogP contribution < -0.4 is 10.1 Å². The minimum absolute atomic E-state index is 0.0221. The van der Waals surface area contributed by atoms with Crippen LogP contribution in [0.1, 0.15) is 33.3 Å². The first-order chi connectivity index (χ1) is 9.85. The van der Waals surface area contributed by atoms with Gasteiger partial charge in [-0.05, 0) is 31.9 Å². The van der Waals surface area contributed by atoms with E-state index >= 15 is 0 Å². The second-order valence-electron chi connectivity index (χ2n) is 5.21. The zero-order valence-corrected chi connectivity index (χ0v) is 12.7. The van der Waals surface area contributed by atoms with Crippen molar-refractivity contribution < 1.29 is 19.1 Å². The Morgan fingerprint density at radius 2 is 2.10 bits per heavy atom. The molecule has 1 aromatic rings. The normalized spacial score (nSPS) is 13.1. The lowest BCUT2D eigenvalue weighted by Gasteiger charge is -2.18. The first-order valence-electron chi connectivity index (χ1n) is 6.76. The number of carbonyl (C=O) groups is 1. The van der Waals surface area contributed by atoms with E-state index < -0.39 is 5.82 Å². The van der Waals surface area contributed by atoms with Crippen molar-refractivity contribution in [2.75, 3.05) is 6.61 Å². The Hall–Kier alpha value is -2.11. The van der Waals surface area contributed by atoms with Crippen molar-refractivity contribution in [3.63, 3.8) is 0 Å². The average molecular weight is 296 g/mol. The molecule has 6 heteroatoms. The molecule has 116 valence electrons. The van der Waals surface area contributed by atoms with Crippen LogP contribution in [0, 0.1) is 11.7 Å². The SMILES string of the molecule is CC(=NO)c1ccc(F)cc1OCC(=O)NC(C)C(C)C. The fourth-order valence-corrected chi connectivity index (χ4v) is 1.57. The number of hydrogen-bond donors (Lipinski definition) is 2. The molecule has 0 aliphatic heterocycles. The Labute approximate surface area is 123 Å². The Bertz CT molecular complexity index is 530. The minimum Gasteiger partial charge on any atom is -0.483 e. The number of oxime groups is 1. The molecule has 0 radical (unpaired) electrons. The van der Waals surface area contributed by atoms with Gasteiger partial charge in [-0.2, -0.15) is 0 Å². The predicted octanol–water partition coefficient (Wildman–Crippen LogP) is 2.56. The van der Waals surface area contributed by atoms with Crippen molar-refractivity contribution in [3.8, 4) is 5.75 Å². The van der Waals surface area contributed by atoms with Crippen LogP contribution in [0.3, 0.4) is 0 Å². The van der Waals surface area contributed by atoms with E-state index in [1.807, 2.05) is 20.8 Å². The lowest BCUT2D eigenvalue weighted by Crippen LogP contribution is -2.39. The molecule has 0 bridgehead atoms. The number of nitrogens with zero attached hydrogens (tertiary/aromatic N) is 1. The number of amides is 1. The Kier molecular flexibility index (Phi) is 6.14. The van der Waals surface area contributed by atoms with Crippen LogP contribution in [-0.4, -0.2) is 29.5 Å². The van der Waals surface area contributed by atoms with Crippen molar-refractivity contribution in [1.29, 1.82) is 0 Å². The molecule has 1 atom stereocenters. The summed E-state index contributed by atoms with van der Waals surface area (Å²) in [7, 11) is 0. The van der Waals surface area contributed by atoms with Gasteiger partial charge in [0.2, 0.25) is 0 Å². The molecule has 1 rings (SSSR count). The predicted molar refractivity (Wildman–Crippen MR) is 78.3 cm³/mol. The van der Waals surface area contributed by atoms with Crippen LogP contribution in [0.15, 0.2) is 23.4 Å². The van der Waals surface area contributed by atoms with Gasteiger partial charge >= 0.3 is 0 Å². The number of nitrogens with one attached hydrogen (secondary N) is 1. The Morgan fingerprint density at radius 1 is 1.43 bits per heavy atom. The molecule has 0 heterocycles. The summed E-state index contributed by atoms with van der Waals surface area (Å²) in [6.45, 7) is 7.22. The van der Waals surface area contributed by atoms with Gasteiger partial charge < -0.3 is 15.3 Å². The fourth-order valence-electron chi connectivity index (χ4n) is 1.57. The van der Waals surface area contributed by atoms with Crippen molar-refractivity contribution in [3.05, 3.63) is 29.6 Å². The van der Waals surface area contributed by atoms with E-state index in [0.717, 1.165) is 6.07 Å². The summed E-state index contributed by atoms with van der Waals surface area (Å²) in [4.78, 5) is 11.8. The van der Waals surface area contributed by atoms with Gasteiger partial charge in [-0.1, -0.05) is 19.0 Å². The summed E-state index contributed by atoms with van der Waals surface area (Å²) in [5.74, 6) is -0.305. The smallest absolute Gasteiger partial charge is 0.258 e. The highest BCUT2D eigenvalue weighted by Gasteiger charge is 2.14. The van der Waals surface area contributed by atoms with Gasteiger partial charge in [0, 0.05) is 17.7 Å². The third-order valence-corrected chi connectivity index (χ3v) is 3.23. The van der Waals surface area contributed by atoms with Crippen molar-refractivity contribution >= 4 is 11.6 Å². The molecule has 21 heavy (non-hydrogen) atoms. The molecule has 0 saturated heterocycles. The van der Waals surface area contributed by atoms with E-state index in [1.165, 1.54) is 12.1 Å². The van der Waals surface area contributed by atoms with Crippen LogP contribution in [0.5, 0.6) is 5.75 Å². The third-order valence-electron chi connectivity index (χ3n) is 3.23. The third kappa shape index (κ3) is 5.06. The summed E-state index contributed by atoms with van der Waals surface area (Å²) >= 11 is 0. The second kappa shape index (κ2) is 7.61. The van der Waals surface area contributed by atoms with E-state index in [4.69, 9.17) is 9.94 Å². The van der Waals surface area contributed by atoms with E-state index in [9.17, 15) is 9.18 Å². The van der Waals surface area contributed by atoms with E-state index in [1.54, 1.807) is 6.92 Å². The minimum atomic E-state index is -0.490. The molecule has 1 aromatic carbocycles. The number of rotatable bonds is 6. The van der Waals surface area contributed by atoms with Gasteiger partial charge in [0.25, 0.3) is 5.91 Å². The number of hydrogen-bond acceptors (Lipinski definition) is 4. The van der Waals surface area contributed by atoms with Gasteiger partial charge in [0.15, 0.2) is 6.61 Å². The highest BCUT2D eigenvalue weighted by Crippen LogP contribution is 2.21. The van der Waals surface area contributed by atoms with Gasteiger partial charge in [-0.3, -0.25) is 4.79 Å². The maximum Gasteiger partial charge on any atom is 0.258 e. The summed E-state index contributed by atoms with van der Waals surface area (Å²) in [5, 5.41) is 14.6. The molecule has 5 nitrogen and oxygen atoms in total. The molecule has 0 aliphatic carbocycles. The van der Waals surface area contributed by atoms with Crippen LogP contribution >= 0.6 is 0 Å². The molecule has 2 N–H and O–H groups in total. The fraction of sp³-hybridized carbons (Fsp3) is 0.467. The van der Waals surface area contributed by atoms with Crippen LogP contribution in [0.2, 0.25) is 0 Å². The number of ether oxygens (including phenoxy) is 1. The summed E-state index contributed by atoms with van der Waals surface area (Å²) in [5.41, 5.74) is 0.713. The van der Waals surface area contributed by atoms with E-state index in [-0.39, 0.29) is 30.0 Å². The zero-order valence-electron chi connectivity index (χ0n) is 12.7. The molecule has 0 saturated carbocycles. The Morgan fingerprint density at radius 3 is 2.67 bits per heavy atom. The number of halogens is 1. The second-order valence-corrected chi connectivity index (χ2v) is 5.21. The van der Waals surface area contributed by atoms with Crippen LogP contribution in [0.25, 0.3) is 0 Å². The maximum absolute atomic E-state index is 13.3. The number of benzene rings is 1. The van der Waals surface area contributed by atoms with Gasteiger partial charge in [0.05, 0.1) is 5.71 Å². The molecule has 1 amide bonds. The zero-order chi connectivity index (χ0) is 16.0. The van der Waals surface area contributed by atoms with Gasteiger partial charge in [0.1, 0.15) is 11.6 Å². The highest BCUT2D eigenvalue weighted by atomic mass is 19.1. The maximum atomic E-state index is 13.3. The molecule has 0 aromatic heterocycles. The first kappa shape index (κ1) is 16.9. The summed E-state index contributed by atoms with van der Waals surface area (Å²) < 4.78 is 18.6. The van der Waals surface area contributed by atoms with Crippen molar-refractivity contribution in [2.24, 2.45) is 11.1 Å². The molecular formula is C15H21FN2O3. The topological polar surface area (TPSA) is 70.9 Å². The van der Waals surface area contributed by atoms with Gasteiger partial charge in [-0.15, -0.1) is 0 Å². The van der Waals surface area contributed by atoms with Crippen molar-refractivity contribution in [2.45, 2.75) is 33.7 Å². The van der Waals surface area contributed by atoms with Crippen LogP contribution in [-0.2, 0) is 4.79 Å². The molecular weight excluding hydrogens is 275 g/mol. The quantitative estimate of drug-likeness (QED) is 0.481. The molecule has 1 unspecified atom stereocenters. The van der Waals surface area contributed by atoms with Gasteiger partial charge in [-0.25, -0.2) is 4.39 Å². The summed E-state index contributed by atoms with van der Waals surface area (Å²) in [6, 6.07) is 3.85. The summed E-state index contributed by atoms with van der Waals surface area (Å²) in [6.07, 6.45) is 0. The standard InChI is InChI=1S/C15H21FN2O3/c1-9(2)10(3)17-15(19)8-21-14-7-12(16)5-6-13(14)11(4)18-20/h5-7,9-10,20H,8H2,1-4H3,(H,17,19). The average Bonchev–Trinajstić information content (AvgIpc) is 2.44. The van der Waals surface area contributed by atoms with E-state index in [0.29, 0.717) is 11.5 Å². The number of carbonyl (C=O) groups excluding carboxylic acids is 1. The monoisotopic (exact) mass is 296 g/mol. The van der Waals surface area contributed by atoms with E-state index in [2.05, 4.69) is 10.5 Å². The first-order valence-corrected chi connectivity index (χ1v) is 6.76.